The summed E-state index contributed by atoms with van der Waals surface area (Å²) in [6.45, 7) is 1.67. The number of anilines is 1. The van der Waals surface area contributed by atoms with E-state index in [0.29, 0.717) is 5.56 Å². The Kier molecular flexibility index (Phi) is 3.88. The van der Waals surface area contributed by atoms with E-state index in [-0.39, 0.29) is 11.5 Å². The molecule has 0 aliphatic rings. The van der Waals surface area contributed by atoms with Crippen molar-refractivity contribution in [2.45, 2.75) is 13.0 Å². The van der Waals surface area contributed by atoms with Crippen LogP contribution in [0, 0.1) is 21.7 Å². The number of nitrogens with one attached hydrogen (secondary N) is 1. The van der Waals surface area contributed by atoms with Crippen molar-refractivity contribution in [3.8, 4) is 0 Å². The van der Waals surface area contributed by atoms with Gasteiger partial charge < -0.3 is 5.32 Å². The minimum Gasteiger partial charge on any atom is -0.358 e. The first-order chi connectivity index (χ1) is 9.49. The Labute approximate surface area is 113 Å². The standard InChI is InChI=1S/C13H11F2N3O2/c1-8(9-4-5-10(14)11(15)7-9)17-13-12(18(19)20)3-2-6-16-13/h2-8H,1H3,(H,16,17)/t8-/m1/s1. The fourth-order valence-corrected chi connectivity index (χ4v) is 1.73. The number of benzene rings is 1. The molecular formula is C13H11F2N3O2. The van der Waals surface area contributed by atoms with Crippen molar-refractivity contribution in [1.82, 2.24) is 4.98 Å². The van der Waals surface area contributed by atoms with E-state index in [9.17, 15) is 18.9 Å². The molecule has 5 nitrogen and oxygen atoms in total. The van der Waals surface area contributed by atoms with Crippen molar-refractivity contribution in [2.75, 3.05) is 5.32 Å². The Bertz CT molecular complexity index is 649. The van der Waals surface area contributed by atoms with Crippen molar-refractivity contribution < 1.29 is 13.7 Å². The molecule has 20 heavy (non-hydrogen) atoms. The lowest BCUT2D eigenvalue weighted by atomic mass is 10.1. The molecule has 0 saturated carbocycles. The quantitative estimate of drug-likeness (QED) is 0.687. The lowest BCUT2D eigenvalue weighted by Crippen LogP contribution is -2.10. The van der Waals surface area contributed by atoms with Crippen molar-refractivity contribution >= 4 is 11.5 Å². The summed E-state index contributed by atoms with van der Waals surface area (Å²) in [5.41, 5.74) is 0.283. The Hall–Kier alpha value is -2.57. The predicted molar refractivity (Wildman–Crippen MR) is 69.3 cm³/mol. The van der Waals surface area contributed by atoms with Crippen LogP contribution in [0.3, 0.4) is 0 Å². The SMILES string of the molecule is C[C@@H](Nc1ncccc1[N+](=O)[O-])c1ccc(F)c(F)c1. The molecule has 0 fully saturated rings. The van der Waals surface area contributed by atoms with E-state index in [1.807, 2.05) is 0 Å². The maximum Gasteiger partial charge on any atom is 0.311 e. The lowest BCUT2D eigenvalue weighted by Gasteiger charge is -2.15. The van der Waals surface area contributed by atoms with E-state index in [1.165, 1.54) is 24.4 Å². The first kappa shape index (κ1) is 13.9. The molecule has 2 rings (SSSR count). The highest BCUT2D eigenvalue weighted by Crippen LogP contribution is 2.26. The molecule has 0 spiro atoms. The van der Waals surface area contributed by atoms with Gasteiger partial charge in [-0.15, -0.1) is 0 Å². The number of hydrogen-bond donors (Lipinski definition) is 1. The van der Waals surface area contributed by atoms with Crippen LogP contribution in [0.5, 0.6) is 0 Å². The van der Waals surface area contributed by atoms with Crippen LogP contribution >= 0.6 is 0 Å². The molecule has 7 heteroatoms. The van der Waals surface area contributed by atoms with E-state index in [4.69, 9.17) is 0 Å². The molecule has 0 bridgehead atoms. The van der Waals surface area contributed by atoms with Crippen molar-refractivity contribution in [3.05, 3.63) is 63.8 Å². The molecule has 1 atom stereocenters. The molecule has 0 aliphatic heterocycles. The van der Waals surface area contributed by atoms with Crippen LogP contribution in [-0.4, -0.2) is 9.91 Å². The van der Waals surface area contributed by atoms with Crippen molar-refractivity contribution in [1.29, 1.82) is 0 Å². The van der Waals surface area contributed by atoms with Gasteiger partial charge in [-0.2, -0.15) is 0 Å². The summed E-state index contributed by atoms with van der Waals surface area (Å²) in [7, 11) is 0. The minimum atomic E-state index is -0.966. The molecule has 0 aliphatic carbocycles. The molecule has 1 N–H and O–H groups in total. The number of rotatable bonds is 4. The lowest BCUT2D eigenvalue weighted by molar-refractivity contribution is -0.384. The number of halogens is 2. The van der Waals surface area contributed by atoms with Gasteiger partial charge in [0.05, 0.1) is 11.0 Å². The summed E-state index contributed by atoms with van der Waals surface area (Å²) in [5, 5.41) is 13.7. The second-order valence-corrected chi connectivity index (χ2v) is 4.17. The minimum absolute atomic E-state index is 0.0785. The molecule has 1 heterocycles. The van der Waals surface area contributed by atoms with Gasteiger partial charge in [-0.25, -0.2) is 13.8 Å². The average molecular weight is 279 g/mol. The van der Waals surface area contributed by atoms with Crippen molar-refractivity contribution in [3.63, 3.8) is 0 Å². The topological polar surface area (TPSA) is 68.1 Å². The molecular weight excluding hydrogens is 268 g/mol. The second kappa shape index (κ2) is 5.60. The molecule has 1 aromatic carbocycles. The molecule has 0 amide bonds. The van der Waals surface area contributed by atoms with Gasteiger partial charge in [-0.05, 0) is 30.7 Å². The Morgan fingerprint density at radius 2 is 2.05 bits per heavy atom. The third kappa shape index (κ3) is 2.87. The highest BCUT2D eigenvalue weighted by molar-refractivity contribution is 5.56. The highest BCUT2D eigenvalue weighted by Gasteiger charge is 2.17. The summed E-state index contributed by atoms with van der Waals surface area (Å²) >= 11 is 0. The fraction of sp³-hybridized carbons (Fsp3) is 0.154. The fourth-order valence-electron chi connectivity index (χ4n) is 1.73. The van der Waals surface area contributed by atoms with Crippen LogP contribution in [0.4, 0.5) is 20.3 Å². The van der Waals surface area contributed by atoms with Crippen LogP contribution in [0.15, 0.2) is 36.5 Å². The molecule has 0 radical (unpaired) electrons. The number of nitrogens with zero attached hydrogens (tertiary/aromatic N) is 2. The van der Waals surface area contributed by atoms with Crippen molar-refractivity contribution in [2.24, 2.45) is 0 Å². The summed E-state index contributed by atoms with van der Waals surface area (Å²) in [6.07, 6.45) is 1.41. The highest BCUT2D eigenvalue weighted by atomic mass is 19.2. The monoisotopic (exact) mass is 279 g/mol. The maximum atomic E-state index is 13.2. The van der Waals surface area contributed by atoms with E-state index in [2.05, 4.69) is 10.3 Å². The number of nitro groups is 1. The largest absolute Gasteiger partial charge is 0.358 e. The van der Waals surface area contributed by atoms with Gasteiger partial charge in [-0.1, -0.05) is 6.07 Å². The number of hydrogen-bond acceptors (Lipinski definition) is 4. The Morgan fingerprint density at radius 3 is 2.70 bits per heavy atom. The molecule has 2 aromatic rings. The second-order valence-electron chi connectivity index (χ2n) is 4.17. The first-order valence-electron chi connectivity index (χ1n) is 5.80. The van der Waals surface area contributed by atoms with E-state index < -0.39 is 22.6 Å². The summed E-state index contributed by atoms with van der Waals surface area (Å²) < 4.78 is 26.0. The maximum absolute atomic E-state index is 13.2. The van der Waals surface area contributed by atoms with Crippen LogP contribution in [-0.2, 0) is 0 Å². The third-order valence-corrected chi connectivity index (χ3v) is 2.78. The zero-order chi connectivity index (χ0) is 14.7. The molecule has 104 valence electrons. The normalized spacial score (nSPS) is 11.9. The smallest absolute Gasteiger partial charge is 0.311 e. The van der Waals surface area contributed by atoms with Gasteiger partial charge in [0.2, 0.25) is 5.82 Å². The Morgan fingerprint density at radius 1 is 1.30 bits per heavy atom. The molecule has 0 saturated heterocycles. The Balaban J connectivity index is 2.25. The molecule has 0 unspecified atom stereocenters. The summed E-state index contributed by atoms with van der Waals surface area (Å²) in [4.78, 5) is 14.2. The van der Waals surface area contributed by atoms with Gasteiger partial charge in [0.1, 0.15) is 0 Å². The van der Waals surface area contributed by atoms with Gasteiger partial charge in [0.25, 0.3) is 0 Å². The number of aromatic nitrogens is 1. The van der Waals surface area contributed by atoms with Crippen LogP contribution in [0.1, 0.15) is 18.5 Å². The average Bonchev–Trinajstić information content (AvgIpc) is 2.42. The predicted octanol–water partition coefficient (Wildman–Crippen LogP) is 3.44. The van der Waals surface area contributed by atoms with E-state index in [1.54, 1.807) is 6.92 Å². The summed E-state index contributed by atoms with van der Waals surface area (Å²) in [6, 6.07) is 5.76. The summed E-state index contributed by atoms with van der Waals surface area (Å²) in [5.74, 6) is -1.83. The van der Waals surface area contributed by atoms with Crippen LogP contribution < -0.4 is 5.32 Å². The van der Waals surface area contributed by atoms with Crippen LogP contribution in [0.25, 0.3) is 0 Å². The zero-order valence-corrected chi connectivity index (χ0v) is 10.5. The molecule has 1 aromatic heterocycles. The van der Waals surface area contributed by atoms with Gasteiger partial charge in [0, 0.05) is 12.3 Å². The van der Waals surface area contributed by atoms with E-state index in [0.717, 1.165) is 12.1 Å². The number of pyridine rings is 1. The van der Waals surface area contributed by atoms with Gasteiger partial charge in [0.15, 0.2) is 11.6 Å². The van der Waals surface area contributed by atoms with Crippen LogP contribution in [0.2, 0.25) is 0 Å². The zero-order valence-electron chi connectivity index (χ0n) is 10.5. The van der Waals surface area contributed by atoms with Gasteiger partial charge in [-0.3, -0.25) is 10.1 Å². The third-order valence-electron chi connectivity index (χ3n) is 2.78. The first-order valence-corrected chi connectivity index (χ1v) is 5.80. The van der Waals surface area contributed by atoms with E-state index >= 15 is 0 Å². The van der Waals surface area contributed by atoms with Gasteiger partial charge >= 0.3 is 5.69 Å².